The van der Waals surface area contributed by atoms with Gasteiger partial charge >= 0.3 is 0 Å². The Morgan fingerprint density at radius 1 is 0.316 bits per heavy atom. The molecule has 0 atom stereocenters. The predicted octanol–water partition coefficient (Wildman–Crippen LogP) is 13.2. The Labute approximate surface area is 328 Å². The van der Waals surface area contributed by atoms with E-state index in [9.17, 15) is 8.78 Å². The summed E-state index contributed by atoms with van der Waals surface area (Å²) in [6.45, 7) is 0. The molecule has 0 spiro atoms. The molecule has 2 heterocycles. The molecule has 270 valence electrons. The van der Waals surface area contributed by atoms with Gasteiger partial charge in [0.15, 0.2) is 17.5 Å². The zero-order valence-electron chi connectivity index (χ0n) is 30.5. The fourth-order valence-electron chi connectivity index (χ4n) is 7.66. The van der Waals surface area contributed by atoms with Gasteiger partial charge in [0, 0.05) is 39.2 Å². The Morgan fingerprint density at radius 3 is 1.23 bits per heavy atom. The number of aromatic nitrogens is 4. The van der Waals surface area contributed by atoms with Gasteiger partial charge < -0.3 is 4.57 Å². The van der Waals surface area contributed by atoms with Crippen LogP contribution in [-0.2, 0) is 0 Å². The van der Waals surface area contributed by atoms with Gasteiger partial charge in [0.05, 0.1) is 11.0 Å². The van der Waals surface area contributed by atoms with Crippen LogP contribution in [0.15, 0.2) is 194 Å². The second kappa shape index (κ2) is 14.3. The summed E-state index contributed by atoms with van der Waals surface area (Å²) in [5.41, 5.74) is 10.4. The zero-order chi connectivity index (χ0) is 38.3. The summed E-state index contributed by atoms with van der Waals surface area (Å²) in [5.74, 6) is 0.000875. The number of hydrogen-bond donors (Lipinski definition) is 0. The minimum atomic E-state index is -0.671. The van der Waals surface area contributed by atoms with E-state index in [1.54, 1.807) is 0 Å². The van der Waals surface area contributed by atoms with Crippen LogP contribution in [0.3, 0.4) is 0 Å². The van der Waals surface area contributed by atoms with Crippen molar-refractivity contribution in [2.75, 3.05) is 0 Å². The van der Waals surface area contributed by atoms with E-state index in [1.165, 1.54) is 12.1 Å². The van der Waals surface area contributed by atoms with Gasteiger partial charge in [0.1, 0.15) is 11.6 Å². The molecule has 0 aliphatic rings. The molecule has 0 radical (unpaired) electrons. The lowest BCUT2D eigenvalue weighted by Crippen LogP contribution is -2.02. The maximum absolute atomic E-state index is 14.9. The highest BCUT2D eigenvalue weighted by Gasteiger charge is 2.20. The Hall–Kier alpha value is -7.57. The van der Waals surface area contributed by atoms with Gasteiger partial charge in [0.2, 0.25) is 0 Å². The van der Waals surface area contributed by atoms with Crippen molar-refractivity contribution in [3.05, 3.63) is 206 Å². The van der Waals surface area contributed by atoms with Crippen molar-refractivity contribution in [3.8, 4) is 73.2 Å². The first kappa shape index (κ1) is 34.0. The van der Waals surface area contributed by atoms with Gasteiger partial charge in [-0.2, -0.15) is 0 Å². The van der Waals surface area contributed by atoms with E-state index in [1.807, 2.05) is 115 Å². The van der Waals surface area contributed by atoms with E-state index in [0.29, 0.717) is 34.2 Å². The monoisotopic (exact) mass is 738 g/mol. The highest BCUT2D eigenvalue weighted by Crippen LogP contribution is 2.40. The first-order valence-corrected chi connectivity index (χ1v) is 18.7. The van der Waals surface area contributed by atoms with Crippen LogP contribution in [0.2, 0.25) is 0 Å². The molecular formula is C51H32F2N4. The van der Waals surface area contributed by atoms with Crippen LogP contribution in [0.1, 0.15) is 0 Å². The summed E-state index contributed by atoms with van der Waals surface area (Å²) >= 11 is 0. The van der Waals surface area contributed by atoms with Crippen LogP contribution < -0.4 is 0 Å². The summed E-state index contributed by atoms with van der Waals surface area (Å²) in [6, 6.07) is 62.8. The second-order valence-electron chi connectivity index (χ2n) is 14.0. The standard InChI is InChI=1S/C51H32F2N4/c52-40-27-39(28-41(53)31-40)43-26-23-42(32-46(43)51-55-49(35-17-9-3-10-18-35)54-50(56-51)36-19-11-4-12-20-36)57-47-29-37(33-13-5-1-6-14-33)21-24-44(47)45-25-22-38(30-48(45)57)34-15-7-2-8-16-34/h1-32H. The summed E-state index contributed by atoms with van der Waals surface area (Å²) in [7, 11) is 0. The number of nitrogens with zero attached hydrogens (tertiary/aromatic N) is 4. The van der Waals surface area contributed by atoms with Crippen LogP contribution >= 0.6 is 0 Å². The molecule has 0 fully saturated rings. The van der Waals surface area contributed by atoms with E-state index in [0.717, 1.165) is 66.9 Å². The molecule has 8 aromatic carbocycles. The molecule has 0 aliphatic heterocycles. The zero-order valence-corrected chi connectivity index (χ0v) is 30.5. The minimum absolute atomic E-state index is 0.372. The smallest absolute Gasteiger partial charge is 0.164 e. The van der Waals surface area contributed by atoms with E-state index >= 15 is 0 Å². The third-order valence-corrected chi connectivity index (χ3v) is 10.4. The topological polar surface area (TPSA) is 43.6 Å². The first-order valence-electron chi connectivity index (χ1n) is 18.7. The van der Waals surface area contributed by atoms with Crippen molar-refractivity contribution in [2.24, 2.45) is 0 Å². The SMILES string of the molecule is Fc1cc(F)cc(-c2ccc(-n3c4cc(-c5ccccc5)ccc4c4ccc(-c5ccccc5)cc43)cc2-c2nc(-c3ccccc3)nc(-c3ccccc3)n2)c1. The van der Waals surface area contributed by atoms with E-state index in [2.05, 4.69) is 65.2 Å². The average Bonchev–Trinajstić information content (AvgIpc) is 3.60. The van der Waals surface area contributed by atoms with Gasteiger partial charge in [-0.3, -0.25) is 0 Å². The van der Waals surface area contributed by atoms with Gasteiger partial charge in [-0.25, -0.2) is 23.7 Å². The lowest BCUT2D eigenvalue weighted by molar-refractivity contribution is 0.584. The molecule has 10 aromatic rings. The van der Waals surface area contributed by atoms with Crippen LogP contribution in [0, 0.1) is 11.6 Å². The number of rotatable bonds is 7. The van der Waals surface area contributed by atoms with Gasteiger partial charge in [-0.05, 0) is 69.8 Å². The van der Waals surface area contributed by atoms with Gasteiger partial charge in [0.25, 0.3) is 0 Å². The molecule has 0 amide bonds. The summed E-state index contributed by atoms with van der Waals surface area (Å²) < 4.78 is 32.1. The van der Waals surface area contributed by atoms with Crippen molar-refractivity contribution >= 4 is 21.8 Å². The van der Waals surface area contributed by atoms with Crippen molar-refractivity contribution in [3.63, 3.8) is 0 Å². The van der Waals surface area contributed by atoms with Crippen molar-refractivity contribution in [1.29, 1.82) is 0 Å². The Morgan fingerprint density at radius 2 is 0.754 bits per heavy atom. The summed E-state index contributed by atoms with van der Waals surface area (Å²) in [4.78, 5) is 15.0. The lowest BCUT2D eigenvalue weighted by atomic mass is 9.97. The number of hydrogen-bond acceptors (Lipinski definition) is 3. The fraction of sp³-hybridized carbons (Fsp3) is 0. The molecule has 0 saturated carbocycles. The molecule has 0 saturated heterocycles. The average molecular weight is 739 g/mol. The molecule has 0 unspecified atom stereocenters. The fourth-order valence-corrected chi connectivity index (χ4v) is 7.66. The molecule has 10 rings (SSSR count). The van der Waals surface area contributed by atoms with Crippen LogP contribution in [0.5, 0.6) is 0 Å². The molecule has 0 bridgehead atoms. The quantitative estimate of drug-likeness (QED) is 0.164. The van der Waals surface area contributed by atoms with Crippen molar-refractivity contribution in [1.82, 2.24) is 19.5 Å². The third-order valence-electron chi connectivity index (χ3n) is 10.4. The molecule has 4 nitrogen and oxygen atoms in total. The van der Waals surface area contributed by atoms with Crippen molar-refractivity contribution in [2.45, 2.75) is 0 Å². The number of halogens is 2. The highest BCUT2D eigenvalue weighted by atomic mass is 19.1. The Bertz CT molecular complexity index is 2900. The van der Waals surface area contributed by atoms with E-state index in [4.69, 9.17) is 15.0 Å². The Kier molecular flexibility index (Phi) is 8.49. The molecule has 2 aromatic heterocycles. The molecule has 6 heteroatoms. The van der Waals surface area contributed by atoms with E-state index < -0.39 is 11.6 Å². The summed E-state index contributed by atoms with van der Waals surface area (Å²) in [6.07, 6.45) is 0. The van der Waals surface area contributed by atoms with Crippen LogP contribution in [0.4, 0.5) is 8.78 Å². The first-order chi connectivity index (χ1) is 28.1. The minimum Gasteiger partial charge on any atom is -0.309 e. The van der Waals surface area contributed by atoms with Crippen LogP contribution in [-0.4, -0.2) is 19.5 Å². The lowest BCUT2D eigenvalue weighted by Gasteiger charge is -2.16. The molecule has 0 N–H and O–H groups in total. The molecule has 0 aliphatic carbocycles. The summed E-state index contributed by atoms with van der Waals surface area (Å²) in [5, 5.41) is 2.19. The maximum Gasteiger partial charge on any atom is 0.164 e. The third kappa shape index (κ3) is 6.43. The number of benzene rings is 8. The van der Waals surface area contributed by atoms with Crippen molar-refractivity contribution < 1.29 is 8.78 Å². The van der Waals surface area contributed by atoms with Gasteiger partial charge in [-0.1, -0.05) is 152 Å². The van der Waals surface area contributed by atoms with E-state index in [-0.39, 0.29) is 0 Å². The van der Waals surface area contributed by atoms with Gasteiger partial charge in [-0.15, -0.1) is 0 Å². The maximum atomic E-state index is 14.9. The number of fused-ring (bicyclic) bond motifs is 3. The highest BCUT2D eigenvalue weighted by molar-refractivity contribution is 6.11. The largest absolute Gasteiger partial charge is 0.309 e. The second-order valence-corrected chi connectivity index (χ2v) is 14.0. The molecular weight excluding hydrogens is 707 g/mol. The van der Waals surface area contributed by atoms with Crippen LogP contribution in [0.25, 0.3) is 95.0 Å². The predicted molar refractivity (Wildman–Crippen MR) is 227 cm³/mol. The normalized spacial score (nSPS) is 11.3. The Balaban J connectivity index is 1.28. The molecule has 57 heavy (non-hydrogen) atoms.